The summed E-state index contributed by atoms with van der Waals surface area (Å²) in [5.41, 5.74) is 0.810. The van der Waals surface area contributed by atoms with Gasteiger partial charge in [-0.2, -0.15) is 10.2 Å². The molecule has 0 unspecified atom stereocenters. The number of nitriles is 1. The van der Waals surface area contributed by atoms with Crippen LogP contribution in [0.1, 0.15) is 31.2 Å². The van der Waals surface area contributed by atoms with E-state index in [0.29, 0.717) is 46.2 Å². The van der Waals surface area contributed by atoms with Crippen LogP contribution in [-0.4, -0.2) is 50.4 Å². The third kappa shape index (κ3) is 3.05. The summed E-state index contributed by atoms with van der Waals surface area (Å²) in [7, 11) is -3.49. The van der Waals surface area contributed by atoms with Gasteiger partial charge in [-0.3, -0.25) is 0 Å². The van der Waals surface area contributed by atoms with Gasteiger partial charge in [0.05, 0.1) is 34.2 Å². The largest absolute Gasteiger partial charge is 0.377 e. The van der Waals surface area contributed by atoms with Crippen molar-refractivity contribution >= 4 is 48.8 Å². The fourth-order valence-corrected chi connectivity index (χ4v) is 5.00. The Kier molecular flexibility index (Phi) is 4.90. The summed E-state index contributed by atoms with van der Waals surface area (Å²) in [6, 6.07) is 2.20. The minimum atomic E-state index is -3.49. The molecule has 3 rings (SSSR count). The van der Waals surface area contributed by atoms with Crippen molar-refractivity contribution < 1.29 is 13.2 Å². The second-order valence-electron chi connectivity index (χ2n) is 6.81. The van der Waals surface area contributed by atoms with Crippen molar-refractivity contribution in [3.8, 4) is 6.07 Å². The number of ether oxygens (including phenoxy) is 1. The zero-order chi connectivity index (χ0) is 19.3. The molecule has 10 heteroatoms. The van der Waals surface area contributed by atoms with Crippen LogP contribution in [0.15, 0.2) is 0 Å². The number of anilines is 1. The standard InChI is InChI=1S/C16H19ClN4O3S2/c1-9-8-24-6-5-21(9)14-13-12(19-15(17)20-14)11(10(7-18)25-13)16(2,3)26(4,22)23/h9H,5-6,8H2,1-4H3/t9-/m1/s1. The number of aromatic nitrogens is 2. The zero-order valence-corrected chi connectivity index (χ0v) is 17.3. The molecule has 0 radical (unpaired) electrons. The molecule has 0 N–H and O–H groups in total. The topological polar surface area (TPSA) is 96.2 Å². The molecular weight excluding hydrogens is 396 g/mol. The Balaban J connectivity index is 2.34. The number of sulfone groups is 1. The Morgan fingerprint density at radius 2 is 2.12 bits per heavy atom. The minimum absolute atomic E-state index is 0.0269. The van der Waals surface area contributed by atoms with Gasteiger partial charge in [-0.15, -0.1) is 11.3 Å². The van der Waals surface area contributed by atoms with E-state index >= 15 is 0 Å². The predicted molar refractivity (Wildman–Crippen MR) is 103 cm³/mol. The summed E-state index contributed by atoms with van der Waals surface area (Å²) >= 11 is 7.38. The first-order valence-electron chi connectivity index (χ1n) is 8.02. The maximum Gasteiger partial charge on any atom is 0.224 e. The summed E-state index contributed by atoms with van der Waals surface area (Å²) in [5, 5.41) is 9.65. The van der Waals surface area contributed by atoms with Crippen LogP contribution < -0.4 is 4.90 Å². The smallest absolute Gasteiger partial charge is 0.224 e. The summed E-state index contributed by atoms with van der Waals surface area (Å²) in [6.45, 7) is 6.93. The highest BCUT2D eigenvalue weighted by Gasteiger charge is 2.39. The van der Waals surface area contributed by atoms with E-state index < -0.39 is 14.6 Å². The van der Waals surface area contributed by atoms with Crippen LogP contribution in [0, 0.1) is 11.3 Å². The van der Waals surface area contributed by atoms with Gasteiger partial charge in [0.2, 0.25) is 5.28 Å². The molecule has 3 heterocycles. The average molecular weight is 415 g/mol. The fraction of sp³-hybridized carbons (Fsp3) is 0.562. The Bertz CT molecular complexity index is 1010. The molecule has 7 nitrogen and oxygen atoms in total. The van der Waals surface area contributed by atoms with Crippen molar-refractivity contribution in [2.45, 2.75) is 31.6 Å². The monoisotopic (exact) mass is 414 g/mol. The van der Waals surface area contributed by atoms with E-state index in [2.05, 4.69) is 20.9 Å². The van der Waals surface area contributed by atoms with Crippen molar-refractivity contribution in [1.82, 2.24) is 9.97 Å². The Morgan fingerprint density at radius 3 is 2.69 bits per heavy atom. The molecule has 26 heavy (non-hydrogen) atoms. The number of nitrogens with zero attached hydrogens (tertiary/aromatic N) is 4. The number of hydrogen-bond donors (Lipinski definition) is 0. The maximum absolute atomic E-state index is 12.4. The average Bonchev–Trinajstić information content (AvgIpc) is 2.92. The zero-order valence-electron chi connectivity index (χ0n) is 14.9. The van der Waals surface area contributed by atoms with Gasteiger partial charge in [0.25, 0.3) is 0 Å². The van der Waals surface area contributed by atoms with Gasteiger partial charge in [0, 0.05) is 18.4 Å². The van der Waals surface area contributed by atoms with E-state index in [0.717, 1.165) is 6.26 Å². The van der Waals surface area contributed by atoms with Crippen LogP contribution in [-0.2, 0) is 19.3 Å². The van der Waals surface area contributed by atoms with Gasteiger partial charge in [-0.1, -0.05) is 0 Å². The molecule has 2 aromatic rings. The first-order chi connectivity index (χ1) is 12.1. The number of halogens is 1. The van der Waals surface area contributed by atoms with Crippen LogP contribution in [0.5, 0.6) is 0 Å². The molecule has 1 fully saturated rings. The summed E-state index contributed by atoms with van der Waals surface area (Å²) < 4.78 is 29.6. The quantitative estimate of drug-likeness (QED) is 0.712. The molecule has 0 spiro atoms. The maximum atomic E-state index is 12.4. The molecule has 1 saturated heterocycles. The van der Waals surface area contributed by atoms with Crippen molar-refractivity contribution in [2.75, 3.05) is 30.9 Å². The second-order valence-corrected chi connectivity index (χ2v) is 10.7. The summed E-state index contributed by atoms with van der Waals surface area (Å²) in [5.74, 6) is 0.618. The Hall–Kier alpha value is -1.47. The van der Waals surface area contributed by atoms with Gasteiger partial charge in [-0.25, -0.2) is 13.4 Å². The number of morpholine rings is 1. The first-order valence-corrected chi connectivity index (χ1v) is 11.1. The molecule has 0 aromatic carbocycles. The Labute approximate surface area is 161 Å². The molecule has 1 aliphatic rings. The van der Waals surface area contributed by atoms with Crippen molar-refractivity contribution in [2.24, 2.45) is 0 Å². The first kappa shape index (κ1) is 19.3. The van der Waals surface area contributed by atoms with E-state index in [9.17, 15) is 13.7 Å². The predicted octanol–water partition coefficient (Wildman–Crippen LogP) is 2.72. The van der Waals surface area contributed by atoms with Crippen molar-refractivity contribution in [1.29, 1.82) is 5.26 Å². The molecule has 2 aromatic heterocycles. The van der Waals surface area contributed by atoms with E-state index in [-0.39, 0.29) is 11.3 Å². The van der Waals surface area contributed by atoms with Gasteiger partial charge in [-0.05, 0) is 32.4 Å². The molecule has 0 bridgehead atoms. The highest BCUT2D eigenvalue weighted by atomic mass is 35.5. The fourth-order valence-electron chi connectivity index (χ4n) is 3.00. The van der Waals surface area contributed by atoms with Crippen molar-refractivity contribution in [3.05, 3.63) is 15.7 Å². The Morgan fingerprint density at radius 1 is 1.42 bits per heavy atom. The van der Waals surface area contributed by atoms with Crippen LogP contribution in [0.25, 0.3) is 10.2 Å². The highest BCUT2D eigenvalue weighted by molar-refractivity contribution is 7.91. The van der Waals surface area contributed by atoms with Gasteiger partial charge in [0.15, 0.2) is 15.7 Å². The van der Waals surface area contributed by atoms with E-state index in [1.54, 1.807) is 13.8 Å². The number of hydrogen-bond acceptors (Lipinski definition) is 8. The van der Waals surface area contributed by atoms with Gasteiger partial charge >= 0.3 is 0 Å². The number of thiophene rings is 1. The van der Waals surface area contributed by atoms with E-state index in [1.165, 1.54) is 11.3 Å². The number of rotatable bonds is 3. The minimum Gasteiger partial charge on any atom is -0.377 e. The third-order valence-corrected chi connectivity index (χ3v) is 8.07. The lowest BCUT2D eigenvalue weighted by molar-refractivity contribution is 0.0987. The molecular formula is C16H19ClN4O3S2. The van der Waals surface area contributed by atoms with E-state index in [4.69, 9.17) is 16.3 Å². The van der Waals surface area contributed by atoms with Gasteiger partial charge in [0.1, 0.15) is 10.9 Å². The van der Waals surface area contributed by atoms with Crippen molar-refractivity contribution in [3.63, 3.8) is 0 Å². The lowest BCUT2D eigenvalue weighted by Crippen LogP contribution is -2.44. The van der Waals surface area contributed by atoms with Crippen LogP contribution in [0.3, 0.4) is 0 Å². The molecule has 0 saturated carbocycles. The van der Waals surface area contributed by atoms with Crippen LogP contribution in [0.4, 0.5) is 5.82 Å². The lowest BCUT2D eigenvalue weighted by Gasteiger charge is -2.34. The highest BCUT2D eigenvalue weighted by Crippen LogP contribution is 2.44. The summed E-state index contributed by atoms with van der Waals surface area (Å²) in [6.07, 6.45) is 1.16. The molecule has 1 aliphatic heterocycles. The normalized spacial score (nSPS) is 18.9. The summed E-state index contributed by atoms with van der Waals surface area (Å²) in [4.78, 5) is 11.1. The molecule has 0 aliphatic carbocycles. The number of fused-ring (bicyclic) bond motifs is 1. The third-order valence-electron chi connectivity index (χ3n) is 4.76. The SMILES string of the molecule is C[C@@H]1COCCN1c1nc(Cl)nc2c(C(C)(C)S(C)(=O)=O)c(C#N)sc12. The molecule has 1 atom stereocenters. The lowest BCUT2D eigenvalue weighted by atomic mass is 10.0. The van der Waals surface area contributed by atoms with Gasteiger partial charge < -0.3 is 9.64 Å². The molecule has 140 valence electrons. The van der Waals surface area contributed by atoms with Crippen LogP contribution in [0.2, 0.25) is 5.28 Å². The van der Waals surface area contributed by atoms with E-state index in [1.807, 2.05) is 6.92 Å². The van der Waals surface area contributed by atoms with Crippen LogP contribution >= 0.6 is 22.9 Å². The second kappa shape index (κ2) is 6.60. The molecule has 0 amide bonds.